The fourth-order valence-electron chi connectivity index (χ4n) is 1.89. The van der Waals surface area contributed by atoms with Crippen molar-refractivity contribution >= 4 is 5.97 Å². The molecule has 0 unspecified atom stereocenters. The van der Waals surface area contributed by atoms with Gasteiger partial charge in [0, 0.05) is 6.92 Å². The van der Waals surface area contributed by atoms with E-state index in [1.807, 2.05) is 18.2 Å². The van der Waals surface area contributed by atoms with Gasteiger partial charge in [0.15, 0.2) is 11.5 Å². The van der Waals surface area contributed by atoms with Gasteiger partial charge in [0.25, 0.3) is 0 Å². The molecule has 2 saturated carbocycles. The van der Waals surface area contributed by atoms with E-state index in [4.69, 9.17) is 9.47 Å². The summed E-state index contributed by atoms with van der Waals surface area (Å²) in [6.07, 6.45) is 5.05. The fraction of sp³-hybridized carbons (Fsp3) is 0.500. The highest BCUT2D eigenvalue weighted by molar-refractivity contribution is 5.70. The van der Waals surface area contributed by atoms with Gasteiger partial charge < -0.3 is 9.47 Å². The lowest BCUT2D eigenvalue weighted by molar-refractivity contribution is -0.132. The molecule has 90 valence electrons. The molecule has 0 bridgehead atoms. The lowest BCUT2D eigenvalue weighted by Crippen LogP contribution is -2.05. The highest BCUT2D eigenvalue weighted by Gasteiger charge is 2.28. The normalized spacial score (nSPS) is 18.9. The molecule has 17 heavy (non-hydrogen) atoms. The lowest BCUT2D eigenvalue weighted by Gasteiger charge is -2.11. The molecule has 0 radical (unpaired) electrons. The fourth-order valence-corrected chi connectivity index (χ4v) is 1.89. The zero-order chi connectivity index (χ0) is 11.8. The second-order valence-electron chi connectivity index (χ2n) is 4.89. The Morgan fingerprint density at radius 2 is 1.94 bits per heavy atom. The first kappa shape index (κ1) is 10.6. The van der Waals surface area contributed by atoms with Crippen LogP contribution in [0.2, 0.25) is 0 Å². The SMILES string of the molecule is CC(=O)Oc1ccc(C2CC2)cc1OC1CC1. The first-order chi connectivity index (χ1) is 8.22. The largest absolute Gasteiger partial charge is 0.487 e. The number of carbonyl (C=O) groups excluding carboxylic acids is 1. The van der Waals surface area contributed by atoms with E-state index in [0.29, 0.717) is 17.8 Å². The average Bonchev–Trinajstić information content (AvgIpc) is 3.13. The Balaban J connectivity index is 1.86. The van der Waals surface area contributed by atoms with Gasteiger partial charge in [-0.2, -0.15) is 0 Å². The van der Waals surface area contributed by atoms with Gasteiger partial charge in [-0.05, 0) is 49.3 Å². The lowest BCUT2D eigenvalue weighted by atomic mass is 10.1. The molecule has 2 aliphatic rings. The van der Waals surface area contributed by atoms with Crippen LogP contribution in [-0.2, 0) is 4.79 Å². The second-order valence-corrected chi connectivity index (χ2v) is 4.89. The van der Waals surface area contributed by atoms with E-state index in [-0.39, 0.29) is 5.97 Å². The Morgan fingerprint density at radius 1 is 1.18 bits per heavy atom. The Labute approximate surface area is 101 Å². The summed E-state index contributed by atoms with van der Waals surface area (Å²) in [5.41, 5.74) is 1.30. The number of esters is 1. The van der Waals surface area contributed by atoms with E-state index in [1.54, 1.807) is 0 Å². The van der Waals surface area contributed by atoms with E-state index < -0.39 is 0 Å². The van der Waals surface area contributed by atoms with Crippen molar-refractivity contribution in [2.24, 2.45) is 0 Å². The molecule has 3 rings (SSSR count). The molecule has 1 aromatic rings. The van der Waals surface area contributed by atoms with Crippen molar-refractivity contribution in [3.05, 3.63) is 23.8 Å². The van der Waals surface area contributed by atoms with Crippen LogP contribution in [0.5, 0.6) is 11.5 Å². The van der Waals surface area contributed by atoms with E-state index in [0.717, 1.165) is 18.6 Å². The van der Waals surface area contributed by atoms with Crippen molar-refractivity contribution < 1.29 is 14.3 Å². The minimum atomic E-state index is -0.301. The number of rotatable bonds is 4. The van der Waals surface area contributed by atoms with E-state index >= 15 is 0 Å². The molecule has 0 atom stereocenters. The van der Waals surface area contributed by atoms with Gasteiger partial charge in [-0.1, -0.05) is 6.07 Å². The van der Waals surface area contributed by atoms with Crippen LogP contribution >= 0.6 is 0 Å². The molecule has 0 amide bonds. The maximum Gasteiger partial charge on any atom is 0.308 e. The van der Waals surface area contributed by atoms with Crippen molar-refractivity contribution in [2.45, 2.75) is 44.6 Å². The molecule has 0 heterocycles. The number of ether oxygens (including phenoxy) is 2. The average molecular weight is 232 g/mol. The third kappa shape index (κ3) is 2.60. The van der Waals surface area contributed by atoms with Crippen molar-refractivity contribution in [3.63, 3.8) is 0 Å². The molecule has 0 spiro atoms. The van der Waals surface area contributed by atoms with Gasteiger partial charge in [-0.25, -0.2) is 0 Å². The third-order valence-electron chi connectivity index (χ3n) is 3.09. The zero-order valence-corrected chi connectivity index (χ0v) is 9.94. The van der Waals surface area contributed by atoms with Crippen LogP contribution in [0.3, 0.4) is 0 Å². The monoisotopic (exact) mass is 232 g/mol. The first-order valence-electron chi connectivity index (χ1n) is 6.21. The molecule has 0 N–H and O–H groups in total. The van der Waals surface area contributed by atoms with E-state index in [9.17, 15) is 4.79 Å². The maximum atomic E-state index is 11.0. The van der Waals surface area contributed by atoms with Crippen LogP contribution in [0.15, 0.2) is 18.2 Å². The van der Waals surface area contributed by atoms with Crippen LogP contribution in [0.25, 0.3) is 0 Å². The van der Waals surface area contributed by atoms with Crippen LogP contribution in [0.4, 0.5) is 0 Å². The van der Waals surface area contributed by atoms with Crippen molar-refractivity contribution in [3.8, 4) is 11.5 Å². The van der Waals surface area contributed by atoms with E-state index in [2.05, 4.69) is 0 Å². The maximum absolute atomic E-state index is 11.0. The smallest absolute Gasteiger partial charge is 0.308 e. The summed E-state index contributed by atoms with van der Waals surface area (Å²) >= 11 is 0. The Bertz CT molecular complexity index is 445. The van der Waals surface area contributed by atoms with Gasteiger partial charge in [-0.15, -0.1) is 0 Å². The van der Waals surface area contributed by atoms with Gasteiger partial charge in [0.05, 0.1) is 6.10 Å². The molecule has 0 saturated heterocycles. The van der Waals surface area contributed by atoms with Crippen LogP contribution < -0.4 is 9.47 Å². The van der Waals surface area contributed by atoms with Crippen molar-refractivity contribution in [1.29, 1.82) is 0 Å². The summed E-state index contributed by atoms with van der Waals surface area (Å²) in [5.74, 6) is 1.66. The summed E-state index contributed by atoms with van der Waals surface area (Å²) < 4.78 is 11.0. The first-order valence-corrected chi connectivity index (χ1v) is 6.21. The molecular weight excluding hydrogens is 216 g/mol. The van der Waals surface area contributed by atoms with Gasteiger partial charge in [-0.3, -0.25) is 4.79 Å². The van der Waals surface area contributed by atoms with Crippen molar-refractivity contribution in [2.75, 3.05) is 0 Å². The molecule has 3 heteroatoms. The summed E-state index contributed by atoms with van der Waals surface area (Å²) in [7, 11) is 0. The minimum absolute atomic E-state index is 0.301. The molecule has 3 nitrogen and oxygen atoms in total. The summed E-state index contributed by atoms with van der Waals surface area (Å²) in [6.45, 7) is 1.41. The predicted molar refractivity (Wildman–Crippen MR) is 63.4 cm³/mol. The molecule has 0 aromatic heterocycles. The Morgan fingerprint density at radius 3 is 2.53 bits per heavy atom. The Kier molecular flexibility index (Phi) is 2.54. The topological polar surface area (TPSA) is 35.5 Å². The highest BCUT2D eigenvalue weighted by Crippen LogP contribution is 2.44. The molecule has 2 aliphatic carbocycles. The highest BCUT2D eigenvalue weighted by atomic mass is 16.6. The summed E-state index contributed by atoms with van der Waals surface area (Å²) in [5, 5.41) is 0. The Hall–Kier alpha value is -1.51. The van der Waals surface area contributed by atoms with Crippen LogP contribution in [0, 0.1) is 0 Å². The van der Waals surface area contributed by atoms with Crippen molar-refractivity contribution in [1.82, 2.24) is 0 Å². The predicted octanol–water partition coefficient (Wildman–Crippen LogP) is 3.03. The quantitative estimate of drug-likeness (QED) is 0.591. The molecule has 1 aromatic carbocycles. The van der Waals surface area contributed by atoms with E-state index in [1.165, 1.54) is 25.3 Å². The number of benzene rings is 1. The standard InChI is InChI=1S/C14H16O3/c1-9(15)16-13-7-4-11(10-2-3-10)8-14(13)17-12-5-6-12/h4,7-8,10,12H,2-3,5-6H2,1H3. The zero-order valence-electron chi connectivity index (χ0n) is 9.94. The number of hydrogen-bond acceptors (Lipinski definition) is 3. The third-order valence-corrected chi connectivity index (χ3v) is 3.09. The second kappa shape index (κ2) is 4.06. The van der Waals surface area contributed by atoms with Gasteiger partial charge in [0.1, 0.15) is 0 Å². The van der Waals surface area contributed by atoms with Crippen LogP contribution in [0.1, 0.15) is 44.1 Å². The minimum Gasteiger partial charge on any atom is -0.487 e. The number of hydrogen-bond donors (Lipinski definition) is 0. The van der Waals surface area contributed by atoms with Gasteiger partial charge >= 0.3 is 5.97 Å². The van der Waals surface area contributed by atoms with Crippen LogP contribution in [-0.4, -0.2) is 12.1 Å². The number of carbonyl (C=O) groups is 1. The molecule has 0 aliphatic heterocycles. The summed E-state index contributed by atoms with van der Waals surface area (Å²) in [4.78, 5) is 11.0. The van der Waals surface area contributed by atoms with Gasteiger partial charge in [0.2, 0.25) is 0 Å². The molecule has 2 fully saturated rings. The summed E-state index contributed by atoms with van der Waals surface area (Å²) in [6, 6.07) is 5.93. The molecular formula is C14H16O3.